The van der Waals surface area contributed by atoms with Crippen molar-refractivity contribution in [3.05, 3.63) is 28.4 Å². The van der Waals surface area contributed by atoms with Gasteiger partial charge in [-0.05, 0) is 41.1 Å². The van der Waals surface area contributed by atoms with Crippen molar-refractivity contribution in [3.63, 3.8) is 0 Å². The lowest BCUT2D eigenvalue weighted by molar-refractivity contribution is 0.412. The first-order valence-corrected chi connectivity index (χ1v) is 6.68. The smallest absolute Gasteiger partial charge is 0.133 e. The van der Waals surface area contributed by atoms with Crippen LogP contribution in [0.5, 0.6) is 5.75 Å². The zero-order valence-corrected chi connectivity index (χ0v) is 12.1. The van der Waals surface area contributed by atoms with Gasteiger partial charge in [-0.3, -0.25) is 0 Å². The van der Waals surface area contributed by atoms with Gasteiger partial charge in [0.1, 0.15) is 10.8 Å². The fourth-order valence-corrected chi connectivity index (χ4v) is 2.97. The number of rotatable bonds is 2. The topological polar surface area (TPSA) is 22.1 Å². The molecule has 1 aromatic carbocycles. The average Bonchev–Trinajstić information content (AvgIpc) is 2.59. The molecule has 2 aromatic rings. The molecule has 0 radical (unpaired) electrons. The first-order chi connectivity index (χ1) is 7.61. The largest absolute Gasteiger partial charge is 0.496 e. The molecule has 0 atom stereocenters. The highest BCUT2D eigenvalue weighted by atomic mass is 79.9. The highest BCUT2D eigenvalue weighted by Crippen LogP contribution is 2.34. The maximum atomic E-state index is 5.19. The van der Waals surface area contributed by atoms with Gasteiger partial charge in [0.2, 0.25) is 0 Å². The highest BCUT2D eigenvalue weighted by Gasteiger charge is 2.08. The van der Waals surface area contributed by atoms with Crippen molar-refractivity contribution in [2.45, 2.75) is 11.1 Å². The molecule has 0 spiro atoms. The Labute approximate surface area is 112 Å². The molecule has 0 aliphatic carbocycles. The minimum atomic E-state index is 0.822. The Kier molecular flexibility index (Phi) is 3.56. The second-order valence-electron chi connectivity index (χ2n) is 3.26. The number of halogens is 1. The zero-order chi connectivity index (χ0) is 11.7. The van der Waals surface area contributed by atoms with E-state index in [4.69, 9.17) is 4.74 Å². The Hall–Kier alpha value is -0.520. The summed E-state index contributed by atoms with van der Waals surface area (Å²) in [5, 5.41) is 0.978. The molecule has 0 bridgehead atoms. The Bertz CT molecular complexity index is 505. The van der Waals surface area contributed by atoms with E-state index < -0.39 is 0 Å². The summed E-state index contributed by atoms with van der Waals surface area (Å²) in [6.45, 7) is 1.96. The summed E-state index contributed by atoms with van der Waals surface area (Å²) >= 11 is 9.40. The Balaban J connectivity index is 2.45. The van der Waals surface area contributed by atoms with Crippen molar-refractivity contribution in [2.24, 2.45) is 0 Å². The molecular formula is C11H10BrNOS2. The summed E-state index contributed by atoms with van der Waals surface area (Å²) in [6.07, 6.45) is 0. The molecule has 0 saturated carbocycles. The number of benzene rings is 1. The number of aromatic nitrogens is 1. The number of nitrogens with zero attached hydrogens (tertiary/aromatic N) is 1. The van der Waals surface area contributed by atoms with E-state index in [9.17, 15) is 0 Å². The van der Waals surface area contributed by atoms with Crippen molar-refractivity contribution in [1.82, 2.24) is 4.98 Å². The number of ether oxygens (including phenoxy) is 1. The van der Waals surface area contributed by atoms with Gasteiger partial charge in [0.25, 0.3) is 0 Å². The van der Waals surface area contributed by atoms with Crippen molar-refractivity contribution in [1.29, 1.82) is 0 Å². The van der Waals surface area contributed by atoms with Gasteiger partial charge in [-0.15, -0.1) is 24.0 Å². The van der Waals surface area contributed by atoms with Gasteiger partial charge in [-0.25, -0.2) is 4.98 Å². The van der Waals surface area contributed by atoms with E-state index in [-0.39, 0.29) is 0 Å². The number of hydrogen-bond acceptors (Lipinski definition) is 4. The van der Waals surface area contributed by atoms with E-state index in [1.807, 2.05) is 25.1 Å². The first-order valence-electron chi connectivity index (χ1n) is 4.62. The number of thiazole rings is 1. The van der Waals surface area contributed by atoms with E-state index in [0.717, 1.165) is 30.7 Å². The van der Waals surface area contributed by atoms with Gasteiger partial charge in [0.15, 0.2) is 0 Å². The van der Waals surface area contributed by atoms with Crippen LogP contribution in [-0.2, 0) is 0 Å². The monoisotopic (exact) mass is 315 g/mol. The van der Waals surface area contributed by atoms with Crippen molar-refractivity contribution in [3.8, 4) is 16.3 Å². The molecular weight excluding hydrogens is 306 g/mol. The standard InChI is InChI=1S/C11H10BrNOS2/c1-6-11(15)16-10(13-6)7-3-4-9(14-2)8(12)5-7/h3-5,15H,1-2H3. The van der Waals surface area contributed by atoms with Gasteiger partial charge in [-0.2, -0.15) is 0 Å². The normalized spacial score (nSPS) is 10.5. The Morgan fingerprint density at radius 1 is 1.44 bits per heavy atom. The van der Waals surface area contributed by atoms with Gasteiger partial charge in [-0.1, -0.05) is 0 Å². The lowest BCUT2D eigenvalue weighted by Crippen LogP contribution is -1.85. The van der Waals surface area contributed by atoms with Crippen molar-refractivity contribution in [2.75, 3.05) is 7.11 Å². The number of hydrogen-bond donors (Lipinski definition) is 1. The summed E-state index contributed by atoms with van der Waals surface area (Å²) in [5.41, 5.74) is 2.04. The molecule has 0 saturated heterocycles. The molecule has 0 amide bonds. The SMILES string of the molecule is COc1ccc(-c2nc(C)c(S)s2)cc1Br. The summed E-state index contributed by atoms with van der Waals surface area (Å²) in [6, 6.07) is 5.92. The minimum absolute atomic E-state index is 0.822. The summed E-state index contributed by atoms with van der Waals surface area (Å²) in [4.78, 5) is 4.46. The Morgan fingerprint density at radius 3 is 2.69 bits per heavy atom. The number of thiol groups is 1. The second kappa shape index (κ2) is 4.77. The van der Waals surface area contributed by atoms with Crippen LogP contribution < -0.4 is 4.74 Å². The molecule has 16 heavy (non-hydrogen) atoms. The minimum Gasteiger partial charge on any atom is -0.496 e. The summed E-state index contributed by atoms with van der Waals surface area (Å²) < 4.78 is 7.08. The molecule has 0 fully saturated rings. The third-order valence-electron chi connectivity index (χ3n) is 2.17. The fourth-order valence-electron chi connectivity index (χ4n) is 1.31. The fraction of sp³-hybridized carbons (Fsp3) is 0.182. The Morgan fingerprint density at radius 2 is 2.19 bits per heavy atom. The van der Waals surface area contributed by atoms with Crippen LogP contribution in [0.2, 0.25) is 0 Å². The van der Waals surface area contributed by atoms with Crippen LogP contribution in [-0.4, -0.2) is 12.1 Å². The molecule has 0 aliphatic rings. The zero-order valence-electron chi connectivity index (χ0n) is 8.82. The predicted molar refractivity (Wildman–Crippen MR) is 73.8 cm³/mol. The van der Waals surface area contributed by atoms with E-state index in [1.54, 1.807) is 18.4 Å². The van der Waals surface area contributed by atoms with Crippen molar-refractivity contribution >= 4 is 39.9 Å². The molecule has 2 nitrogen and oxygen atoms in total. The lowest BCUT2D eigenvalue weighted by atomic mass is 10.2. The molecule has 5 heteroatoms. The number of aryl methyl sites for hydroxylation is 1. The predicted octanol–water partition coefficient (Wildman–Crippen LogP) is 4.18. The van der Waals surface area contributed by atoms with Crippen molar-refractivity contribution < 1.29 is 4.74 Å². The third-order valence-corrected chi connectivity index (χ3v) is 4.40. The quantitative estimate of drug-likeness (QED) is 0.840. The molecule has 2 rings (SSSR count). The van der Waals surface area contributed by atoms with E-state index in [1.165, 1.54) is 0 Å². The van der Waals surface area contributed by atoms with Gasteiger partial charge >= 0.3 is 0 Å². The third kappa shape index (κ3) is 2.26. The van der Waals surface area contributed by atoms with Crippen LogP contribution in [0.1, 0.15) is 5.69 Å². The average molecular weight is 316 g/mol. The van der Waals surface area contributed by atoms with Crippen LogP contribution in [0.15, 0.2) is 26.9 Å². The second-order valence-corrected chi connectivity index (χ2v) is 5.86. The van der Waals surface area contributed by atoms with Crippen LogP contribution >= 0.6 is 39.9 Å². The molecule has 0 unspecified atom stereocenters. The summed E-state index contributed by atoms with van der Waals surface area (Å²) in [7, 11) is 1.65. The van der Waals surface area contributed by atoms with Crippen LogP contribution in [0.4, 0.5) is 0 Å². The van der Waals surface area contributed by atoms with Gasteiger partial charge < -0.3 is 4.74 Å². The number of methoxy groups -OCH3 is 1. The molecule has 84 valence electrons. The van der Waals surface area contributed by atoms with Gasteiger partial charge in [0, 0.05) is 5.56 Å². The molecule has 0 aliphatic heterocycles. The van der Waals surface area contributed by atoms with Crippen LogP contribution in [0.3, 0.4) is 0 Å². The van der Waals surface area contributed by atoms with Gasteiger partial charge in [0.05, 0.1) is 21.5 Å². The molecule has 0 N–H and O–H groups in total. The van der Waals surface area contributed by atoms with E-state index >= 15 is 0 Å². The lowest BCUT2D eigenvalue weighted by Gasteiger charge is -2.03. The molecule has 1 heterocycles. The van der Waals surface area contributed by atoms with Crippen LogP contribution in [0.25, 0.3) is 10.6 Å². The maximum absolute atomic E-state index is 5.19. The molecule has 1 aromatic heterocycles. The van der Waals surface area contributed by atoms with E-state index in [2.05, 4.69) is 33.5 Å². The maximum Gasteiger partial charge on any atom is 0.133 e. The first kappa shape index (κ1) is 12.0. The van der Waals surface area contributed by atoms with Crippen LogP contribution in [0, 0.1) is 6.92 Å². The highest BCUT2D eigenvalue weighted by molar-refractivity contribution is 9.10. The van der Waals surface area contributed by atoms with E-state index in [0.29, 0.717) is 0 Å². The summed E-state index contributed by atoms with van der Waals surface area (Å²) in [5.74, 6) is 0.822.